The molecular weight excluding hydrogens is 905 g/mol. The molecule has 0 saturated carbocycles. The van der Waals surface area contributed by atoms with Crippen LogP contribution in [0.15, 0.2) is 133 Å². The van der Waals surface area contributed by atoms with Gasteiger partial charge >= 0.3 is 0 Å². The van der Waals surface area contributed by atoms with E-state index in [1.54, 1.807) is 11.0 Å². The van der Waals surface area contributed by atoms with Crippen LogP contribution in [0.25, 0.3) is 0 Å². The van der Waals surface area contributed by atoms with Gasteiger partial charge in [-0.15, -0.1) is 0 Å². The average Bonchev–Trinajstić information content (AvgIpc) is 3.66. The van der Waals surface area contributed by atoms with Crippen LogP contribution in [-0.2, 0) is 20.4 Å². The second-order valence-electron chi connectivity index (χ2n) is 22.0. The fourth-order valence-corrected chi connectivity index (χ4v) is 12.1. The second kappa shape index (κ2) is 23.4. The van der Waals surface area contributed by atoms with Gasteiger partial charge < -0.3 is 20.4 Å². The van der Waals surface area contributed by atoms with Gasteiger partial charge in [-0.25, -0.2) is 0 Å². The number of fused-ring (bicyclic) bond motifs is 4. The molecule has 0 aliphatic carbocycles. The molecule has 0 unspecified atom stereocenters. The molecule has 3 amide bonds. The molecule has 73 heavy (non-hydrogen) atoms. The highest BCUT2D eigenvalue weighted by Gasteiger charge is 2.43. The highest BCUT2D eigenvalue weighted by molar-refractivity contribution is 6.18. The molecule has 5 aliphatic rings. The molecule has 0 spiro atoms. The molecule has 2 N–H and O–H groups in total. The number of rotatable bonds is 19. The van der Waals surface area contributed by atoms with E-state index < -0.39 is 0 Å². The number of benzene rings is 4. The summed E-state index contributed by atoms with van der Waals surface area (Å²) in [5.41, 5.74) is 10.3. The zero-order chi connectivity index (χ0) is 51.0. The monoisotopic (exact) mass is 984 g/mol. The van der Waals surface area contributed by atoms with Crippen LogP contribution >= 0.6 is 0 Å². The van der Waals surface area contributed by atoms with Crippen molar-refractivity contribution in [2.45, 2.75) is 96.3 Å². The summed E-state index contributed by atoms with van der Waals surface area (Å²) in [5, 5.41) is 6.20. The van der Waals surface area contributed by atoms with Crippen molar-refractivity contribution in [3.63, 3.8) is 0 Å². The summed E-state index contributed by atoms with van der Waals surface area (Å²) in [6.45, 7) is 19.4. The Morgan fingerprint density at radius 1 is 0.671 bits per heavy atom. The molecule has 0 aromatic heterocycles. The van der Waals surface area contributed by atoms with E-state index in [4.69, 9.17) is 0 Å². The highest BCUT2D eigenvalue weighted by atomic mass is 16.2. The molecule has 0 bridgehead atoms. The van der Waals surface area contributed by atoms with Crippen molar-refractivity contribution in [3.8, 4) is 0 Å². The van der Waals surface area contributed by atoms with Crippen molar-refractivity contribution in [1.82, 2.24) is 20.0 Å². The van der Waals surface area contributed by atoms with Crippen molar-refractivity contribution in [2.24, 2.45) is 5.92 Å². The lowest BCUT2D eigenvalue weighted by molar-refractivity contribution is -0.401. The number of carbonyl (C=O) groups excluding carboxylic acids is 3. The molecule has 4 aromatic rings. The van der Waals surface area contributed by atoms with E-state index in [9.17, 15) is 14.4 Å². The number of amides is 3. The van der Waals surface area contributed by atoms with E-state index in [1.807, 2.05) is 42.5 Å². The van der Waals surface area contributed by atoms with E-state index in [0.29, 0.717) is 48.1 Å². The lowest BCUT2D eigenvalue weighted by Gasteiger charge is -2.35. The molecule has 384 valence electrons. The number of hydrogen-bond donors (Lipinski definition) is 2. The van der Waals surface area contributed by atoms with Gasteiger partial charge in [0.2, 0.25) is 17.5 Å². The fourth-order valence-electron chi connectivity index (χ4n) is 12.1. The number of unbranched alkanes of at least 4 members (excludes halogenated alkanes) is 3. The molecule has 4 aromatic carbocycles. The number of anilines is 4. The quantitative estimate of drug-likeness (QED) is 0.0549. The third-order valence-electron chi connectivity index (χ3n) is 16.4. The first-order valence-corrected chi connectivity index (χ1v) is 27.3. The highest BCUT2D eigenvalue weighted by Crippen LogP contribution is 2.48. The zero-order valence-corrected chi connectivity index (χ0v) is 44.3. The number of piperidine rings is 1. The molecule has 2 saturated heterocycles. The summed E-state index contributed by atoms with van der Waals surface area (Å²) >= 11 is 0. The average molecular weight is 984 g/mol. The van der Waals surface area contributed by atoms with E-state index in [1.165, 1.54) is 53.2 Å². The maximum Gasteiger partial charge on any atom is 0.257 e. The predicted molar refractivity (Wildman–Crippen MR) is 299 cm³/mol. The number of likely N-dealkylation sites (tertiary alicyclic amines) is 1. The fraction of sp³-hybridized carbons (Fsp3) is 0.452. The third-order valence-corrected chi connectivity index (χ3v) is 16.4. The van der Waals surface area contributed by atoms with Gasteiger partial charge in [0.05, 0.1) is 34.6 Å². The maximum atomic E-state index is 13.9. The maximum absolute atomic E-state index is 13.9. The van der Waals surface area contributed by atoms with E-state index in [-0.39, 0.29) is 28.6 Å². The van der Waals surface area contributed by atoms with Crippen molar-refractivity contribution >= 4 is 51.9 Å². The number of nitrogens with zero attached hydrogens (tertiary/aromatic N) is 6. The summed E-state index contributed by atoms with van der Waals surface area (Å²) in [6.07, 6.45) is 20.5. The summed E-state index contributed by atoms with van der Waals surface area (Å²) in [5.74, 6) is 0.669. The van der Waals surface area contributed by atoms with Crippen LogP contribution in [0.4, 0.5) is 28.4 Å². The lowest BCUT2D eigenvalue weighted by Crippen LogP contribution is -2.48. The van der Waals surface area contributed by atoms with Gasteiger partial charge in [0.25, 0.3) is 5.91 Å². The molecule has 0 atom stereocenters. The van der Waals surface area contributed by atoms with Crippen molar-refractivity contribution in [3.05, 3.63) is 150 Å². The van der Waals surface area contributed by atoms with Crippen molar-refractivity contribution < 1.29 is 19.0 Å². The largest absolute Gasteiger partial charge is 0.355 e. The summed E-state index contributed by atoms with van der Waals surface area (Å²) in [7, 11) is 2.16. The second-order valence-corrected chi connectivity index (χ2v) is 22.0. The van der Waals surface area contributed by atoms with E-state index >= 15 is 0 Å². The molecule has 11 nitrogen and oxygen atoms in total. The van der Waals surface area contributed by atoms with Crippen LogP contribution in [0.2, 0.25) is 0 Å². The molecule has 2 fully saturated rings. The Morgan fingerprint density at radius 2 is 1.33 bits per heavy atom. The van der Waals surface area contributed by atoms with Crippen molar-refractivity contribution in [1.29, 1.82) is 0 Å². The Morgan fingerprint density at radius 3 is 2.10 bits per heavy atom. The minimum atomic E-state index is -0.193. The van der Waals surface area contributed by atoms with Gasteiger partial charge in [-0.2, -0.15) is 4.58 Å². The number of para-hydroxylation sites is 5. The number of allylic oxidation sites excluding steroid dienone is 6. The van der Waals surface area contributed by atoms with E-state index in [2.05, 4.69) is 148 Å². The SMILES string of the molecule is C[N+]1=C(/C=C/C=C/C=C2/N(CCCCCC(=O)NCCN3CCN(CCCCC4CCN(CC(=O)N5c6ccccc6NC(=O)c6ccccc65)CC4)CC3)c3ccccc3C2(C)C)C(C)(C)c2ccccc21. The topological polar surface area (TPSA) is 94.5 Å². The Kier molecular flexibility index (Phi) is 16.6. The van der Waals surface area contributed by atoms with Crippen LogP contribution in [0.1, 0.15) is 107 Å². The number of carbonyl (C=O) groups is 3. The number of nitrogens with one attached hydrogen (secondary N) is 2. The van der Waals surface area contributed by atoms with Crippen LogP contribution in [0, 0.1) is 5.92 Å². The number of piperazine rings is 1. The Bertz CT molecular complexity index is 2740. The van der Waals surface area contributed by atoms with Crippen LogP contribution in [0.3, 0.4) is 0 Å². The standard InChI is InChI=1S/C62H78N8O3/c1-61(2)49-24-12-16-28-53(49)65(5)56(61)31-8-6-9-32-57-62(3,4)50-25-13-17-29-54(50)69(57)38-20-7-10-33-58(71)63-36-41-67-44-42-66(43-45-67)37-21-19-22-47-34-39-68(40-35-47)46-59(72)70-52-27-15-11-23-48(52)60(73)64-51-26-14-18-30-55(51)70/h6,8-9,11-18,23-32,47H,7,10,19-22,33-46H2,1-5H3,(H-,63,64,71,73)/p+1. The lowest BCUT2D eigenvalue weighted by atomic mass is 9.81. The predicted octanol–water partition coefficient (Wildman–Crippen LogP) is 10.6. The first kappa shape index (κ1) is 51.7. The van der Waals surface area contributed by atoms with Gasteiger partial charge in [0.15, 0.2) is 5.71 Å². The van der Waals surface area contributed by atoms with Gasteiger partial charge in [-0.1, -0.05) is 112 Å². The first-order chi connectivity index (χ1) is 35.4. The van der Waals surface area contributed by atoms with Gasteiger partial charge in [-0.05, 0) is 113 Å². The van der Waals surface area contributed by atoms with Crippen LogP contribution in [-0.4, -0.2) is 122 Å². The molecule has 5 heterocycles. The summed E-state index contributed by atoms with van der Waals surface area (Å²) in [6, 6.07) is 32.5. The smallest absolute Gasteiger partial charge is 0.257 e. The zero-order valence-electron chi connectivity index (χ0n) is 44.3. The minimum Gasteiger partial charge on any atom is -0.355 e. The molecule has 0 radical (unpaired) electrons. The van der Waals surface area contributed by atoms with Gasteiger partial charge in [-0.3, -0.25) is 29.1 Å². The Balaban J connectivity index is 0.628. The molecule has 5 aliphatic heterocycles. The first-order valence-electron chi connectivity index (χ1n) is 27.3. The van der Waals surface area contributed by atoms with Crippen LogP contribution < -0.4 is 20.4 Å². The van der Waals surface area contributed by atoms with E-state index in [0.717, 1.165) is 91.0 Å². The number of hydrogen-bond acceptors (Lipinski definition) is 7. The minimum absolute atomic E-state index is 0.00854. The Labute approximate surface area is 435 Å². The van der Waals surface area contributed by atoms with Crippen LogP contribution in [0.5, 0.6) is 0 Å². The Hall–Kier alpha value is -6.14. The summed E-state index contributed by atoms with van der Waals surface area (Å²) in [4.78, 5) is 51.4. The molecule has 9 rings (SSSR count). The third kappa shape index (κ3) is 11.8. The van der Waals surface area contributed by atoms with Gasteiger partial charge in [0, 0.05) is 86.7 Å². The normalized spacial score (nSPS) is 19.6. The van der Waals surface area contributed by atoms with Gasteiger partial charge in [0.1, 0.15) is 7.05 Å². The van der Waals surface area contributed by atoms with Crippen molar-refractivity contribution in [2.75, 3.05) is 94.2 Å². The molecular formula is C62H79N8O3+. The summed E-state index contributed by atoms with van der Waals surface area (Å²) < 4.78 is 2.31. The molecule has 11 heteroatoms.